The molecule has 0 saturated carbocycles. The molecule has 2 aromatic carbocycles. The summed E-state index contributed by atoms with van der Waals surface area (Å²) in [6, 6.07) is 22.1. The van der Waals surface area contributed by atoms with Crippen molar-refractivity contribution in [1.29, 1.82) is 5.26 Å². The molecule has 0 saturated heterocycles. The molecule has 1 unspecified atom stereocenters. The van der Waals surface area contributed by atoms with E-state index in [4.69, 9.17) is 5.26 Å². The van der Waals surface area contributed by atoms with Crippen LogP contribution in [-0.4, -0.2) is 34.4 Å². The predicted molar refractivity (Wildman–Crippen MR) is 130 cm³/mol. The lowest BCUT2D eigenvalue weighted by Gasteiger charge is -2.18. The zero-order chi connectivity index (χ0) is 23.9. The van der Waals surface area contributed by atoms with Crippen LogP contribution in [0.1, 0.15) is 50.4 Å². The van der Waals surface area contributed by atoms with E-state index in [1.54, 1.807) is 41.2 Å². The highest BCUT2D eigenvalue weighted by atomic mass is 16.1. The maximum Gasteiger partial charge on any atom is 0.252 e. The molecule has 0 radical (unpaired) electrons. The Morgan fingerprint density at radius 1 is 1.06 bits per heavy atom. The molecule has 0 bridgehead atoms. The van der Waals surface area contributed by atoms with Gasteiger partial charge < -0.3 is 10.6 Å². The van der Waals surface area contributed by atoms with Gasteiger partial charge in [0.2, 0.25) is 0 Å². The maximum atomic E-state index is 13.6. The summed E-state index contributed by atoms with van der Waals surface area (Å²) < 4.78 is 1.57. The smallest absolute Gasteiger partial charge is 0.252 e. The lowest BCUT2D eigenvalue weighted by molar-refractivity contribution is 0.0941. The van der Waals surface area contributed by atoms with Gasteiger partial charge in [0.05, 0.1) is 40.5 Å². The van der Waals surface area contributed by atoms with Gasteiger partial charge in [-0.05, 0) is 48.7 Å². The van der Waals surface area contributed by atoms with E-state index >= 15 is 0 Å². The summed E-state index contributed by atoms with van der Waals surface area (Å²) in [7, 11) is 0. The number of carbonyl (C=O) groups excluding carboxylic acids is 2. The second kappa shape index (κ2) is 10.6. The molecule has 0 aliphatic carbocycles. The summed E-state index contributed by atoms with van der Waals surface area (Å²) in [5, 5.41) is 19.5. The van der Waals surface area contributed by atoms with Crippen LogP contribution in [0.2, 0.25) is 0 Å². The number of Topliss-reactive ketones (excluding diaryl/α,β-unsaturated/α-hetero) is 1. The van der Waals surface area contributed by atoms with Crippen molar-refractivity contribution < 1.29 is 9.59 Å². The maximum absolute atomic E-state index is 13.6. The van der Waals surface area contributed by atoms with Gasteiger partial charge in [-0.1, -0.05) is 42.5 Å². The zero-order valence-corrected chi connectivity index (χ0v) is 18.9. The minimum atomic E-state index is -0.546. The molecule has 2 N–H and O–H groups in total. The number of fused-ring (bicyclic) bond motifs is 1. The van der Waals surface area contributed by atoms with E-state index in [0.29, 0.717) is 41.7 Å². The van der Waals surface area contributed by atoms with E-state index < -0.39 is 6.04 Å². The number of amides is 1. The number of nitriles is 1. The number of pyridine rings is 1. The van der Waals surface area contributed by atoms with E-state index in [1.165, 1.54) is 0 Å². The van der Waals surface area contributed by atoms with Crippen LogP contribution in [0.4, 0.5) is 0 Å². The van der Waals surface area contributed by atoms with Gasteiger partial charge in [-0.2, -0.15) is 10.4 Å². The Morgan fingerprint density at radius 3 is 2.53 bits per heavy atom. The van der Waals surface area contributed by atoms with Crippen molar-refractivity contribution in [2.24, 2.45) is 0 Å². The number of hydrogen-bond acceptors (Lipinski definition) is 5. The monoisotopic (exact) mass is 451 g/mol. The van der Waals surface area contributed by atoms with Gasteiger partial charge in [0.1, 0.15) is 0 Å². The molecule has 1 atom stereocenters. The third-order valence-corrected chi connectivity index (χ3v) is 5.62. The summed E-state index contributed by atoms with van der Waals surface area (Å²) in [6.45, 7) is 2.98. The summed E-state index contributed by atoms with van der Waals surface area (Å²) in [5.74, 6) is -0.272. The SMILES string of the molecule is CCNC(=O)c1ccc2c(C(=O)C(NCCc3ccc(C#N)cc3)c3ccccc3)cnn2c1. The van der Waals surface area contributed by atoms with E-state index in [1.807, 2.05) is 49.4 Å². The van der Waals surface area contributed by atoms with E-state index in [0.717, 1.165) is 11.1 Å². The Labute approximate surface area is 198 Å². The fraction of sp³-hybridized carbons (Fsp3) is 0.185. The highest BCUT2D eigenvalue weighted by Crippen LogP contribution is 2.22. The highest BCUT2D eigenvalue weighted by molar-refractivity contribution is 6.06. The van der Waals surface area contributed by atoms with Crippen LogP contribution in [-0.2, 0) is 6.42 Å². The quantitative estimate of drug-likeness (QED) is 0.378. The Kier molecular flexibility index (Phi) is 7.11. The highest BCUT2D eigenvalue weighted by Gasteiger charge is 2.24. The van der Waals surface area contributed by atoms with Gasteiger partial charge in [0, 0.05) is 19.3 Å². The number of hydrogen-bond donors (Lipinski definition) is 2. The Hall–Kier alpha value is -4.28. The Bertz CT molecular complexity index is 1340. The molecule has 7 nitrogen and oxygen atoms in total. The van der Waals surface area contributed by atoms with Crippen molar-refractivity contribution in [2.75, 3.05) is 13.1 Å². The number of carbonyl (C=O) groups is 2. The number of aromatic nitrogens is 2. The van der Waals surface area contributed by atoms with Crippen molar-refractivity contribution in [2.45, 2.75) is 19.4 Å². The van der Waals surface area contributed by atoms with Gasteiger partial charge in [-0.3, -0.25) is 9.59 Å². The lowest BCUT2D eigenvalue weighted by Crippen LogP contribution is -2.30. The summed E-state index contributed by atoms with van der Waals surface area (Å²) in [6.07, 6.45) is 3.90. The first kappa shape index (κ1) is 22.9. The Morgan fingerprint density at radius 2 is 1.82 bits per heavy atom. The fourth-order valence-corrected chi connectivity index (χ4v) is 3.84. The van der Waals surface area contributed by atoms with E-state index in [2.05, 4.69) is 21.8 Å². The second-order valence-electron chi connectivity index (χ2n) is 7.89. The number of benzene rings is 2. The van der Waals surface area contributed by atoms with Crippen molar-refractivity contribution >= 4 is 17.2 Å². The molecule has 0 spiro atoms. The molecule has 1 amide bonds. The average Bonchev–Trinajstić information content (AvgIpc) is 3.31. The standard InChI is InChI=1S/C27H25N5O2/c1-2-29-27(34)22-12-13-24-23(17-31-32(24)18-22)26(33)25(21-6-4-3-5-7-21)30-15-14-19-8-10-20(16-28)11-9-19/h3-13,17-18,25,30H,2,14-15H2,1H3,(H,29,34). The van der Waals surface area contributed by atoms with Crippen molar-refractivity contribution in [3.8, 4) is 6.07 Å². The summed E-state index contributed by atoms with van der Waals surface area (Å²) in [4.78, 5) is 25.8. The largest absolute Gasteiger partial charge is 0.352 e. The van der Waals surface area contributed by atoms with Gasteiger partial charge in [-0.25, -0.2) is 4.52 Å². The van der Waals surface area contributed by atoms with Crippen LogP contribution in [0.5, 0.6) is 0 Å². The molecule has 7 heteroatoms. The molecule has 0 aliphatic heterocycles. The van der Waals surface area contributed by atoms with Gasteiger partial charge in [0.25, 0.3) is 5.91 Å². The molecule has 0 fully saturated rings. The first-order valence-corrected chi connectivity index (χ1v) is 11.2. The first-order valence-electron chi connectivity index (χ1n) is 11.2. The van der Waals surface area contributed by atoms with Gasteiger partial charge in [0.15, 0.2) is 5.78 Å². The molecule has 4 aromatic rings. The number of nitrogens with one attached hydrogen (secondary N) is 2. The summed E-state index contributed by atoms with van der Waals surface area (Å²) in [5.41, 5.74) is 4.19. The minimum absolute atomic E-state index is 0.0909. The predicted octanol–water partition coefficient (Wildman–Crippen LogP) is 3.71. The van der Waals surface area contributed by atoms with E-state index in [-0.39, 0.29) is 11.7 Å². The van der Waals surface area contributed by atoms with Crippen LogP contribution in [0.15, 0.2) is 79.1 Å². The van der Waals surface area contributed by atoms with E-state index in [9.17, 15) is 9.59 Å². The van der Waals surface area contributed by atoms with Crippen LogP contribution in [0.3, 0.4) is 0 Å². The molecule has 4 rings (SSSR count). The second-order valence-corrected chi connectivity index (χ2v) is 7.89. The average molecular weight is 452 g/mol. The lowest BCUT2D eigenvalue weighted by atomic mass is 9.97. The fourth-order valence-electron chi connectivity index (χ4n) is 3.84. The molecular weight excluding hydrogens is 426 g/mol. The number of nitrogens with zero attached hydrogens (tertiary/aromatic N) is 3. The first-order chi connectivity index (χ1) is 16.6. The van der Waals surface area contributed by atoms with Crippen LogP contribution < -0.4 is 10.6 Å². The summed E-state index contributed by atoms with van der Waals surface area (Å²) >= 11 is 0. The van der Waals surface area contributed by atoms with Crippen LogP contribution >= 0.6 is 0 Å². The number of ketones is 1. The normalized spacial score (nSPS) is 11.6. The Balaban J connectivity index is 1.56. The topological polar surface area (TPSA) is 99.3 Å². The molecule has 2 heterocycles. The van der Waals surface area contributed by atoms with Crippen molar-refractivity contribution in [1.82, 2.24) is 20.2 Å². The third kappa shape index (κ3) is 5.03. The zero-order valence-electron chi connectivity index (χ0n) is 18.9. The molecule has 170 valence electrons. The third-order valence-electron chi connectivity index (χ3n) is 5.62. The number of rotatable bonds is 9. The molecule has 34 heavy (non-hydrogen) atoms. The van der Waals surface area contributed by atoms with Gasteiger partial charge in [-0.15, -0.1) is 0 Å². The van der Waals surface area contributed by atoms with Crippen molar-refractivity contribution in [3.63, 3.8) is 0 Å². The van der Waals surface area contributed by atoms with Crippen molar-refractivity contribution in [3.05, 3.63) is 107 Å². The van der Waals surface area contributed by atoms with Gasteiger partial charge >= 0.3 is 0 Å². The molecule has 2 aromatic heterocycles. The van der Waals surface area contributed by atoms with Crippen LogP contribution in [0.25, 0.3) is 5.52 Å². The minimum Gasteiger partial charge on any atom is -0.352 e. The van der Waals surface area contributed by atoms with Crippen LogP contribution in [0, 0.1) is 11.3 Å². The molecule has 0 aliphatic rings. The molecular formula is C27H25N5O2.